The number of carbonyl (C=O) groups excluding carboxylic acids is 1. The summed E-state index contributed by atoms with van der Waals surface area (Å²) in [5.41, 5.74) is -0.471. The second kappa shape index (κ2) is 5.49. The highest BCUT2D eigenvalue weighted by atomic mass is 16.4. The summed E-state index contributed by atoms with van der Waals surface area (Å²) in [4.78, 5) is 23.2. The number of amides is 1. The Morgan fingerprint density at radius 2 is 2.18 bits per heavy atom. The van der Waals surface area contributed by atoms with Gasteiger partial charge in [-0.3, -0.25) is 4.79 Å². The summed E-state index contributed by atoms with van der Waals surface area (Å²) in [6.45, 7) is 7.06. The first-order chi connectivity index (χ1) is 7.90. The maximum atomic E-state index is 12.1. The van der Waals surface area contributed by atoms with Gasteiger partial charge in [-0.25, -0.2) is 4.79 Å². The highest BCUT2D eigenvalue weighted by Crippen LogP contribution is 2.25. The number of hydrogen-bond acceptors (Lipinski definition) is 3. The molecule has 2 unspecified atom stereocenters. The van der Waals surface area contributed by atoms with Gasteiger partial charge in [-0.1, -0.05) is 20.3 Å². The van der Waals surface area contributed by atoms with E-state index in [1.165, 1.54) is 0 Å². The third kappa shape index (κ3) is 3.19. The lowest BCUT2D eigenvalue weighted by molar-refractivity contribution is -0.145. The van der Waals surface area contributed by atoms with Gasteiger partial charge in [0.2, 0.25) is 5.91 Å². The van der Waals surface area contributed by atoms with Gasteiger partial charge in [0.15, 0.2) is 0 Å². The van der Waals surface area contributed by atoms with Crippen molar-refractivity contribution in [1.29, 1.82) is 0 Å². The molecular weight excluding hydrogens is 220 g/mol. The summed E-state index contributed by atoms with van der Waals surface area (Å²) in [7, 11) is 0. The molecule has 1 amide bonds. The molecule has 5 heteroatoms. The Morgan fingerprint density at radius 3 is 2.59 bits per heavy atom. The quantitative estimate of drug-likeness (QED) is 0.659. The molecule has 1 saturated heterocycles. The lowest BCUT2D eigenvalue weighted by Crippen LogP contribution is -2.50. The van der Waals surface area contributed by atoms with Crippen LogP contribution in [0.5, 0.6) is 0 Å². The highest BCUT2D eigenvalue weighted by Gasteiger charge is 2.38. The summed E-state index contributed by atoms with van der Waals surface area (Å²) in [5, 5.41) is 14.9. The van der Waals surface area contributed by atoms with Crippen molar-refractivity contribution in [2.24, 2.45) is 11.3 Å². The molecule has 1 aliphatic rings. The maximum Gasteiger partial charge on any atom is 0.326 e. The van der Waals surface area contributed by atoms with Crippen molar-refractivity contribution in [2.45, 2.75) is 39.7 Å². The number of aliphatic carboxylic acids is 1. The Bertz CT molecular complexity index is 298. The molecule has 5 nitrogen and oxygen atoms in total. The Balaban J connectivity index is 2.67. The molecule has 0 spiro atoms. The van der Waals surface area contributed by atoms with Gasteiger partial charge in [0.25, 0.3) is 0 Å². The zero-order valence-electron chi connectivity index (χ0n) is 10.7. The molecule has 1 aliphatic heterocycles. The van der Waals surface area contributed by atoms with Crippen LogP contribution in [0.25, 0.3) is 0 Å². The van der Waals surface area contributed by atoms with Crippen LogP contribution in [0.1, 0.15) is 33.6 Å². The predicted octanol–water partition coefficient (Wildman–Crippen LogP) is 0.602. The third-order valence-electron chi connectivity index (χ3n) is 3.68. The molecule has 0 aromatic heterocycles. The fraction of sp³-hybridized carbons (Fsp3) is 0.833. The molecule has 1 heterocycles. The van der Waals surface area contributed by atoms with Crippen LogP contribution in [-0.4, -0.2) is 36.1 Å². The molecule has 0 aromatic rings. The van der Waals surface area contributed by atoms with Crippen LogP contribution < -0.4 is 10.6 Å². The van der Waals surface area contributed by atoms with E-state index >= 15 is 0 Å². The van der Waals surface area contributed by atoms with Crippen LogP contribution in [0.2, 0.25) is 0 Å². The van der Waals surface area contributed by atoms with Gasteiger partial charge in [-0.15, -0.1) is 0 Å². The van der Waals surface area contributed by atoms with Gasteiger partial charge in [0, 0.05) is 6.54 Å². The van der Waals surface area contributed by atoms with Crippen LogP contribution in [0.4, 0.5) is 0 Å². The fourth-order valence-electron chi connectivity index (χ4n) is 2.01. The van der Waals surface area contributed by atoms with Crippen LogP contribution in [0.15, 0.2) is 0 Å². The molecule has 3 N–H and O–H groups in total. The van der Waals surface area contributed by atoms with Gasteiger partial charge < -0.3 is 15.7 Å². The Labute approximate surface area is 102 Å². The molecule has 0 saturated carbocycles. The molecule has 0 aliphatic carbocycles. The number of rotatable bonds is 5. The topological polar surface area (TPSA) is 78.4 Å². The SMILES string of the molecule is CCC(C)[C@H](NC(=O)C1(C)CCNC1)C(=O)O. The van der Waals surface area contributed by atoms with E-state index in [-0.39, 0.29) is 11.8 Å². The molecule has 17 heavy (non-hydrogen) atoms. The van der Waals surface area contributed by atoms with E-state index in [1.807, 2.05) is 20.8 Å². The standard InChI is InChI=1S/C12H22N2O3/c1-4-8(2)9(10(15)16)14-11(17)12(3)5-6-13-7-12/h8-9,13H,4-7H2,1-3H3,(H,14,17)(H,15,16)/t8?,9-,12?/m0/s1. The average Bonchev–Trinajstić information content (AvgIpc) is 2.72. The second-order valence-electron chi connectivity index (χ2n) is 5.16. The summed E-state index contributed by atoms with van der Waals surface area (Å²) in [6.07, 6.45) is 1.48. The normalized spacial score (nSPS) is 27.5. The number of nitrogens with one attached hydrogen (secondary N) is 2. The lowest BCUT2D eigenvalue weighted by Gasteiger charge is -2.27. The summed E-state index contributed by atoms with van der Waals surface area (Å²) in [5.74, 6) is -1.17. The smallest absolute Gasteiger partial charge is 0.326 e. The Morgan fingerprint density at radius 1 is 1.53 bits per heavy atom. The van der Waals surface area contributed by atoms with Crippen molar-refractivity contribution in [3.63, 3.8) is 0 Å². The largest absolute Gasteiger partial charge is 0.480 e. The minimum atomic E-state index is -0.956. The molecule has 0 radical (unpaired) electrons. The lowest BCUT2D eigenvalue weighted by atomic mass is 9.87. The van der Waals surface area contributed by atoms with Crippen molar-refractivity contribution >= 4 is 11.9 Å². The number of carbonyl (C=O) groups is 2. The van der Waals surface area contributed by atoms with Crippen molar-refractivity contribution in [2.75, 3.05) is 13.1 Å². The molecule has 98 valence electrons. The Kier molecular flexibility index (Phi) is 4.51. The van der Waals surface area contributed by atoms with Gasteiger partial charge in [-0.2, -0.15) is 0 Å². The zero-order valence-corrected chi connectivity index (χ0v) is 10.7. The van der Waals surface area contributed by atoms with E-state index in [0.717, 1.165) is 19.4 Å². The van der Waals surface area contributed by atoms with E-state index in [2.05, 4.69) is 10.6 Å². The van der Waals surface area contributed by atoms with Gasteiger partial charge in [-0.05, 0) is 25.8 Å². The molecular formula is C12H22N2O3. The summed E-state index contributed by atoms with van der Waals surface area (Å²) in [6, 6.07) is -0.787. The molecule has 1 fully saturated rings. The summed E-state index contributed by atoms with van der Waals surface area (Å²) < 4.78 is 0. The van der Waals surface area contributed by atoms with Gasteiger partial charge in [0.05, 0.1) is 5.41 Å². The minimum Gasteiger partial charge on any atom is -0.480 e. The van der Waals surface area contributed by atoms with E-state index < -0.39 is 17.4 Å². The minimum absolute atomic E-state index is 0.0607. The number of carboxylic acid groups (broad SMARTS) is 1. The number of carboxylic acids is 1. The summed E-state index contributed by atoms with van der Waals surface area (Å²) >= 11 is 0. The van der Waals surface area contributed by atoms with Crippen molar-refractivity contribution < 1.29 is 14.7 Å². The third-order valence-corrected chi connectivity index (χ3v) is 3.68. The highest BCUT2D eigenvalue weighted by molar-refractivity contribution is 5.87. The first kappa shape index (κ1) is 14.0. The average molecular weight is 242 g/mol. The predicted molar refractivity (Wildman–Crippen MR) is 64.6 cm³/mol. The van der Waals surface area contributed by atoms with Crippen molar-refractivity contribution in [3.8, 4) is 0 Å². The Hall–Kier alpha value is -1.10. The maximum absolute atomic E-state index is 12.1. The van der Waals surface area contributed by atoms with E-state index in [0.29, 0.717) is 6.54 Å². The first-order valence-electron chi connectivity index (χ1n) is 6.15. The molecule has 0 aromatic carbocycles. The van der Waals surface area contributed by atoms with Crippen LogP contribution in [0.3, 0.4) is 0 Å². The second-order valence-corrected chi connectivity index (χ2v) is 5.16. The number of hydrogen-bond donors (Lipinski definition) is 3. The molecule has 0 bridgehead atoms. The zero-order chi connectivity index (χ0) is 13.1. The van der Waals surface area contributed by atoms with Crippen LogP contribution in [0, 0.1) is 11.3 Å². The van der Waals surface area contributed by atoms with E-state index in [1.54, 1.807) is 0 Å². The molecule has 1 rings (SSSR count). The van der Waals surface area contributed by atoms with Crippen molar-refractivity contribution in [3.05, 3.63) is 0 Å². The van der Waals surface area contributed by atoms with E-state index in [4.69, 9.17) is 5.11 Å². The molecule has 3 atom stereocenters. The van der Waals surface area contributed by atoms with Crippen molar-refractivity contribution in [1.82, 2.24) is 10.6 Å². The van der Waals surface area contributed by atoms with Gasteiger partial charge in [0.1, 0.15) is 6.04 Å². The monoisotopic (exact) mass is 242 g/mol. The van der Waals surface area contributed by atoms with Gasteiger partial charge >= 0.3 is 5.97 Å². The van der Waals surface area contributed by atoms with E-state index in [9.17, 15) is 9.59 Å². The fourth-order valence-corrected chi connectivity index (χ4v) is 2.01. The van der Waals surface area contributed by atoms with Crippen LogP contribution in [-0.2, 0) is 9.59 Å². The van der Waals surface area contributed by atoms with Crippen LogP contribution >= 0.6 is 0 Å². The first-order valence-corrected chi connectivity index (χ1v) is 6.15.